The normalized spacial score (nSPS) is 10.8. The minimum atomic E-state index is -0.243. The smallest absolute Gasteiger partial charge is 0.268 e. The van der Waals surface area contributed by atoms with Gasteiger partial charge in [-0.2, -0.15) is 5.10 Å². The molecule has 0 saturated carbocycles. The van der Waals surface area contributed by atoms with E-state index < -0.39 is 0 Å². The first kappa shape index (κ1) is 12.2. The van der Waals surface area contributed by atoms with Gasteiger partial charge in [0.15, 0.2) is 0 Å². The lowest BCUT2D eigenvalue weighted by molar-refractivity contribution is 0.476. The third-order valence-electron chi connectivity index (χ3n) is 2.92. The Bertz CT molecular complexity index is 679. The molecule has 0 spiro atoms. The average molecular weight is 249 g/mol. The number of hydrogen-bond acceptors (Lipinski definition) is 4. The van der Waals surface area contributed by atoms with E-state index in [-0.39, 0.29) is 11.1 Å². The number of nitrogen functional groups attached to an aromatic ring is 1. The van der Waals surface area contributed by atoms with Crippen molar-refractivity contribution in [3.63, 3.8) is 0 Å². The third kappa shape index (κ3) is 2.20. The monoisotopic (exact) mass is 249 g/mol. The lowest BCUT2D eigenvalue weighted by Gasteiger charge is -2.08. The molecule has 2 rings (SSSR count). The molecule has 3 N–H and O–H groups in total. The quantitative estimate of drug-likeness (QED) is 0.775. The Balaban J connectivity index is 2.25. The molecule has 0 fully saturated rings. The number of aromatic nitrogens is 4. The summed E-state index contributed by atoms with van der Waals surface area (Å²) in [6, 6.07) is 1.67. The minimum Gasteiger partial charge on any atom is -0.382 e. The van der Waals surface area contributed by atoms with E-state index in [1.54, 1.807) is 30.8 Å². The summed E-state index contributed by atoms with van der Waals surface area (Å²) in [6.45, 7) is 4.09. The van der Waals surface area contributed by atoms with Crippen LogP contribution < -0.4 is 16.9 Å². The summed E-state index contributed by atoms with van der Waals surface area (Å²) in [5.41, 5.74) is 5.99. The van der Waals surface area contributed by atoms with Crippen LogP contribution in [0.2, 0.25) is 0 Å². The lowest BCUT2D eigenvalue weighted by atomic mass is 10.2. The van der Waals surface area contributed by atoms with Gasteiger partial charge in [0, 0.05) is 17.3 Å². The minimum absolute atomic E-state index is 0.188. The number of H-pyrrole nitrogens is 1. The maximum Gasteiger partial charge on any atom is 0.268 e. The summed E-state index contributed by atoms with van der Waals surface area (Å²) in [5, 5.41) is 6.54. The van der Waals surface area contributed by atoms with Crippen LogP contribution in [0.4, 0.5) is 5.82 Å². The molecule has 7 nitrogen and oxygen atoms in total. The van der Waals surface area contributed by atoms with Gasteiger partial charge in [-0.25, -0.2) is 4.68 Å². The van der Waals surface area contributed by atoms with Crippen LogP contribution in [0.3, 0.4) is 0 Å². The molecule has 2 aromatic rings. The first-order valence-electron chi connectivity index (χ1n) is 5.58. The van der Waals surface area contributed by atoms with Crippen molar-refractivity contribution in [3.05, 3.63) is 44.1 Å². The molecule has 2 aromatic heterocycles. The van der Waals surface area contributed by atoms with Crippen LogP contribution in [0.5, 0.6) is 0 Å². The second kappa shape index (κ2) is 4.52. The number of aryl methyl sites for hydroxylation is 2. The Hall–Kier alpha value is -2.31. The van der Waals surface area contributed by atoms with E-state index >= 15 is 0 Å². The zero-order valence-corrected chi connectivity index (χ0v) is 10.3. The number of rotatable bonds is 3. The molecular weight excluding hydrogens is 234 g/mol. The predicted molar refractivity (Wildman–Crippen MR) is 67.4 cm³/mol. The van der Waals surface area contributed by atoms with Crippen molar-refractivity contribution in [2.75, 3.05) is 5.73 Å². The van der Waals surface area contributed by atoms with Crippen molar-refractivity contribution in [2.45, 2.75) is 26.9 Å². The van der Waals surface area contributed by atoms with Gasteiger partial charge in [-0.1, -0.05) is 0 Å². The highest BCUT2D eigenvalue weighted by atomic mass is 16.2. The number of nitrogens with one attached hydrogen (secondary N) is 1. The van der Waals surface area contributed by atoms with Gasteiger partial charge >= 0.3 is 0 Å². The van der Waals surface area contributed by atoms with Crippen LogP contribution in [-0.4, -0.2) is 19.6 Å². The molecule has 0 amide bonds. The van der Waals surface area contributed by atoms with E-state index in [0.717, 1.165) is 0 Å². The van der Waals surface area contributed by atoms with Crippen LogP contribution in [0, 0.1) is 13.8 Å². The molecule has 96 valence electrons. The molecule has 0 unspecified atom stereocenters. The largest absolute Gasteiger partial charge is 0.382 e. The summed E-state index contributed by atoms with van der Waals surface area (Å²) in [7, 11) is 0. The molecule has 0 atom stereocenters. The zero-order valence-electron chi connectivity index (χ0n) is 10.3. The van der Waals surface area contributed by atoms with Gasteiger partial charge in [-0.15, -0.1) is 0 Å². The maximum absolute atomic E-state index is 11.9. The van der Waals surface area contributed by atoms with Gasteiger partial charge < -0.3 is 5.73 Å². The van der Waals surface area contributed by atoms with Crippen molar-refractivity contribution in [1.29, 1.82) is 0 Å². The Morgan fingerprint density at radius 3 is 2.61 bits per heavy atom. The van der Waals surface area contributed by atoms with Crippen LogP contribution in [0.25, 0.3) is 0 Å². The van der Waals surface area contributed by atoms with Crippen LogP contribution in [0.15, 0.2) is 21.9 Å². The van der Waals surface area contributed by atoms with Gasteiger partial charge in [-0.05, 0) is 19.9 Å². The van der Waals surface area contributed by atoms with Crippen LogP contribution in [-0.2, 0) is 13.1 Å². The Kier molecular flexibility index (Phi) is 3.05. The fraction of sp³-hybridized carbons (Fsp3) is 0.364. The third-order valence-corrected chi connectivity index (χ3v) is 2.92. The first-order chi connectivity index (χ1) is 8.49. The van der Waals surface area contributed by atoms with E-state index in [1.165, 1.54) is 4.68 Å². The summed E-state index contributed by atoms with van der Waals surface area (Å²) < 4.78 is 2.91. The maximum atomic E-state index is 11.9. The molecule has 0 bridgehead atoms. The Labute approximate surface area is 103 Å². The highest BCUT2D eigenvalue weighted by Crippen LogP contribution is 1.96. The van der Waals surface area contributed by atoms with Gasteiger partial charge in [0.25, 0.3) is 11.1 Å². The molecule has 7 heteroatoms. The molecule has 0 aliphatic rings. The zero-order chi connectivity index (χ0) is 13.3. The summed E-state index contributed by atoms with van der Waals surface area (Å²) in [5.74, 6) is 0.427. The predicted octanol–water partition coefficient (Wildman–Crippen LogP) is -0.368. The summed E-state index contributed by atoms with van der Waals surface area (Å²) in [4.78, 5) is 23.5. The highest BCUT2D eigenvalue weighted by Gasteiger charge is 2.07. The van der Waals surface area contributed by atoms with Gasteiger partial charge in [0.1, 0.15) is 5.82 Å². The number of aromatic amines is 1. The fourth-order valence-electron chi connectivity index (χ4n) is 1.65. The van der Waals surface area contributed by atoms with E-state index in [0.29, 0.717) is 30.0 Å². The topological polar surface area (TPSA) is 98.7 Å². The molecule has 0 radical (unpaired) electrons. The molecule has 0 aromatic carbocycles. The number of nitrogens with zero attached hydrogens (tertiary/aromatic N) is 3. The van der Waals surface area contributed by atoms with Gasteiger partial charge in [0.2, 0.25) is 0 Å². The second-order valence-electron chi connectivity index (χ2n) is 4.15. The molecule has 0 saturated heterocycles. The number of nitrogens with two attached hydrogens (primary N) is 1. The Morgan fingerprint density at radius 1 is 1.28 bits per heavy atom. The van der Waals surface area contributed by atoms with Gasteiger partial charge in [0.05, 0.1) is 13.1 Å². The molecule has 2 heterocycles. The molecule has 18 heavy (non-hydrogen) atoms. The SMILES string of the molecule is Cc1c(C)c(=O)n(CCn2ccc(N)n2)[nH]c1=O. The van der Waals surface area contributed by atoms with E-state index in [4.69, 9.17) is 5.73 Å². The summed E-state index contributed by atoms with van der Waals surface area (Å²) in [6.07, 6.45) is 1.72. The molecule has 0 aliphatic heterocycles. The number of anilines is 1. The van der Waals surface area contributed by atoms with Crippen molar-refractivity contribution in [2.24, 2.45) is 0 Å². The fourth-order valence-corrected chi connectivity index (χ4v) is 1.65. The highest BCUT2D eigenvalue weighted by molar-refractivity contribution is 5.23. The van der Waals surface area contributed by atoms with E-state index in [9.17, 15) is 9.59 Å². The van der Waals surface area contributed by atoms with E-state index in [1.807, 2.05) is 0 Å². The standard InChI is InChI=1S/C11H15N5O2/c1-7-8(2)11(18)16(14-10(7)17)6-5-15-4-3-9(12)13-15/h3-4H,5-6H2,1-2H3,(H2,12,13)(H,14,17). The van der Waals surface area contributed by atoms with Crippen molar-refractivity contribution < 1.29 is 0 Å². The van der Waals surface area contributed by atoms with Gasteiger partial charge in [-0.3, -0.25) is 19.4 Å². The Morgan fingerprint density at radius 2 is 2.00 bits per heavy atom. The van der Waals surface area contributed by atoms with Crippen molar-refractivity contribution >= 4 is 5.82 Å². The average Bonchev–Trinajstić information content (AvgIpc) is 2.75. The number of hydrogen-bond donors (Lipinski definition) is 2. The van der Waals surface area contributed by atoms with Crippen molar-refractivity contribution in [1.82, 2.24) is 19.6 Å². The first-order valence-corrected chi connectivity index (χ1v) is 5.58. The summed E-state index contributed by atoms with van der Waals surface area (Å²) >= 11 is 0. The lowest BCUT2D eigenvalue weighted by Crippen LogP contribution is -2.34. The van der Waals surface area contributed by atoms with Crippen LogP contribution in [0.1, 0.15) is 11.1 Å². The molecule has 0 aliphatic carbocycles. The van der Waals surface area contributed by atoms with E-state index in [2.05, 4.69) is 10.2 Å². The van der Waals surface area contributed by atoms with Crippen LogP contribution >= 0.6 is 0 Å². The van der Waals surface area contributed by atoms with Crippen molar-refractivity contribution in [3.8, 4) is 0 Å². The molecular formula is C11H15N5O2. The second-order valence-corrected chi connectivity index (χ2v) is 4.15.